The van der Waals surface area contributed by atoms with Gasteiger partial charge in [0.1, 0.15) is 0 Å². The highest BCUT2D eigenvalue weighted by Crippen LogP contribution is 2.38. The Morgan fingerprint density at radius 1 is 1.07 bits per heavy atom. The van der Waals surface area contributed by atoms with Gasteiger partial charge in [0, 0.05) is 36.9 Å². The lowest BCUT2D eigenvalue weighted by molar-refractivity contribution is -0.137. The van der Waals surface area contributed by atoms with Gasteiger partial charge < -0.3 is 15.5 Å². The molecule has 11 heteroatoms. The van der Waals surface area contributed by atoms with Crippen LogP contribution in [0.5, 0.6) is 0 Å². The van der Waals surface area contributed by atoms with Crippen molar-refractivity contribution in [1.29, 1.82) is 0 Å². The highest BCUT2D eigenvalue weighted by molar-refractivity contribution is 6.05. The third-order valence-corrected chi connectivity index (χ3v) is 7.23. The molecule has 0 aliphatic carbocycles. The molecule has 0 saturated carbocycles. The molecule has 1 saturated heterocycles. The van der Waals surface area contributed by atoms with Crippen LogP contribution >= 0.6 is 0 Å². The van der Waals surface area contributed by atoms with Gasteiger partial charge in [0.15, 0.2) is 0 Å². The van der Waals surface area contributed by atoms with E-state index >= 15 is 0 Å². The van der Waals surface area contributed by atoms with Gasteiger partial charge in [-0.15, -0.1) is 0 Å². The summed E-state index contributed by atoms with van der Waals surface area (Å²) >= 11 is 0. The van der Waals surface area contributed by atoms with E-state index in [4.69, 9.17) is 0 Å². The lowest BCUT2D eigenvalue weighted by Gasteiger charge is -2.32. The Bertz CT molecular complexity index is 1530. The van der Waals surface area contributed by atoms with Crippen LogP contribution in [0, 0.1) is 6.92 Å². The number of nitrogens with zero attached hydrogens (tertiary/aromatic N) is 5. The number of carbonyl (C=O) groups is 1. The molecule has 5 rings (SSSR count). The van der Waals surface area contributed by atoms with E-state index in [9.17, 15) is 18.0 Å². The SMILES string of the molecule is CCN1CCCC(c2ccc(NC(=O)c3cnc(C)c(Nc4nccc(-c5cccnc5)n4)c3)c(C(F)(F)F)c2)C1. The normalized spacial score (nSPS) is 15.9. The number of alkyl halides is 3. The number of anilines is 3. The lowest BCUT2D eigenvalue weighted by Crippen LogP contribution is -2.34. The van der Waals surface area contributed by atoms with Crippen LogP contribution in [0.15, 0.2) is 67.3 Å². The smallest absolute Gasteiger partial charge is 0.323 e. The minimum absolute atomic E-state index is 0.0170. The van der Waals surface area contributed by atoms with Gasteiger partial charge in [-0.05, 0) is 80.7 Å². The number of amides is 1. The average Bonchev–Trinajstić information content (AvgIpc) is 2.98. The van der Waals surface area contributed by atoms with E-state index in [2.05, 4.69) is 42.4 Å². The van der Waals surface area contributed by atoms with Crippen molar-refractivity contribution >= 4 is 23.2 Å². The van der Waals surface area contributed by atoms with Crippen LogP contribution in [0.1, 0.15) is 52.9 Å². The number of benzene rings is 1. The van der Waals surface area contributed by atoms with Gasteiger partial charge in [-0.1, -0.05) is 13.0 Å². The van der Waals surface area contributed by atoms with Crippen molar-refractivity contribution in [2.75, 3.05) is 30.3 Å². The number of pyridine rings is 2. The first-order valence-electron chi connectivity index (χ1n) is 13.4. The van der Waals surface area contributed by atoms with E-state index < -0.39 is 17.6 Å². The fourth-order valence-corrected chi connectivity index (χ4v) is 4.97. The summed E-state index contributed by atoms with van der Waals surface area (Å²) in [4.78, 5) is 32.5. The van der Waals surface area contributed by atoms with E-state index in [0.717, 1.165) is 38.0 Å². The summed E-state index contributed by atoms with van der Waals surface area (Å²) in [5.41, 5.74) is 2.02. The van der Waals surface area contributed by atoms with E-state index in [0.29, 0.717) is 22.6 Å². The number of halogens is 3. The van der Waals surface area contributed by atoms with Crippen molar-refractivity contribution in [3.05, 3.63) is 89.6 Å². The number of aryl methyl sites for hydroxylation is 1. The Morgan fingerprint density at radius 2 is 1.93 bits per heavy atom. The topological polar surface area (TPSA) is 95.9 Å². The number of nitrogens with one attached hydrogen (secondary N) is 2. The number of hydrogen-bond acceptors (Lipinski definition) is 7. The second-order valence-electron chi connectivity index (χ2n) is 9.98. The van der Waals surface area contributed by atoms with Crippen molar-refractivity contribution in [3.63, 3.8) is 0 Å². The average molecular weight is 562 g/mol. The molecule has 1 aliphatic rings. The Morgan fingerprint density at radius 3 is 2.68 bits per heavy atom. The van der Waals surface area contributed by atoms with Crippen molar-refractivity contribution in [1.82, 2.24) is 24.8 Å². The molecule has 1 aromatic carbocycles. The van der Waals surface area contributed by atoms with Crippen LogP contribution in [-0.4, -0.2) is 50.4 Å². The number of rotatable bonds is 7. The van der Waals surface area contributed by atoms with Crippen LogP contribution in [0.3, 0.4) is 0 Å². The summed E-state index contributed by atoms with van der Waals surface area (Å²) in [7, 11) is 0. The summed E-state index contributed by atoms with van der Waals surface area (Å²) < 4.78 is 42.3. The standard InChI is InChI=1S/C30H30F3N7O/c1-3-40-13-5-7-22(18-40)20-8-9-26(24(14-20)30(31,32)33)37-28(41)23-15-27(19(2)36-17-23)39-29-35-12-10-25(38-29)21-6-4-11-34-16-21/h4,6,8-12,14-17,22H,3,5,7,13,18H2,1-2H3,(H,37,41)(H,35,38,39). The van der Waals surface area contributed by atoms with Gasteiger partial charge in [-0.3, -0.25) is 14.8 Å². The predicted octanol–water partition coefficient (Wildman–Crippen LogP) is 6.46. The molecule has 4 aromatic rings. The monoisotopic (exact) mass is 561 g/mol. The third kappa shape index (κ3) is 6.68. The van der Waals surface area contributed by atoms with E-state index in [1.54, 1.807) is 43.7 Å². The zero-order valence-electron chi connectivity index (χ0n) is 22.7. The molecule has 41 heavy (non-hydrogen) atoms. The largest absolute Gasteiger partial charge is 0.418 e. The maximum absolute atomic E-state index is 14.1. The fraction of sp³-hybridized carbons (Fsp3) is 0.300. The molecular formula is C30H30F3N7O. The highest BCUT2D eigenvalue weighted by Gasteiger charge is 2.35. The maximum Gasteiger partial charge on any atom is 0.418 e. The number of likely N-dealkylation sites (N-methyl/N-ethyl adjacent to an activating group) is 1. The van der Waals surface area contributed by atoms with E-state index in [-0.39, 0.29) is 23.1 Å². The molecule has 0 bridgehead atoms. The van der Waals surface area contributed by atoms with Crippen molar-refractivity contribution in [3.8, 4) is 11.3 Å². The van der Waals surface area contributed by atoms with Gasteiger partial charge in [0.25, 0.3) is 5.91 Å². The zero-order valence-corrected chi connectivity index (χ0v) is 22.7. The Labute approximate surface area is 236 Å². The van der Waals surface area contributed by atoms with Gasteiger partial charge in [-0.2, -0.15) is 13.2 Å². The quantitative estimate of drug-likeness (QED) is 0.268. The summed E-state index contributed by atoms with van der Waals surface area (Å²) in [6.45, 7) is 6.33. The molecule has 1 amide bonds. The zero-order chi connectivity index (χ0) is 29.0. The Balaban J connectivity index is 1.36. The molecule has 212 valence electrons. The number of piperidine rings is 1. The number of likely N-dealkylation sites (tertiary alicyclic amines) is 1. The number of hydrogen-bond donors (Lipinski definition) is 2. The van der Waals surface area contributed by atoms with Gasteiger partial charge in [-0.25, -0.2) is 9.97 Å². The molecule has 1 atom stereocenters. The van der Waals surface area contributed by atoms with Crippen LogP contribution in [0.2, 0.25) is 0 Å². The summed E-state index contributed by atoms with van der Waals surface area (Å²) in [5.74, 6) is -0.421. The molecule has 1 aliphatic heterocycles. The van der Waals surface area contributed by atoms with E-state index in [1.165, 1.54) is 24.4 Å². The predicted molar refractivity (Wildman–Crippen MR) is 151 cm³/mol. The third-order valence-electron chi connectivity index (χ3n) is 7.23. The molecule has 3 aromatic heterocycles. The molecule has 4 heterocycles. The number of aromatic nitrogens is 4. The first-order chi connectivity index (χ1) is 19.7. The summed E-state index contributed by atoms with van der Waals surface area (Å²) in [5, 5.41) is 5.51. The summed E-state index contributed by atoms with van der Waals surface area (Å²) in [6.07, 6.45) is 3.40. The van der Waals surface area contributed by atoms with Gasteiger partial charge in [0.2, 0.25) is 5.95 Å². The second-order valence-corrected chi connectivity index (χ2v) is 9.98. The first kappa shape index (κ1) is 28.2. The maximum atomic E-state index is 14.1. The molecule has 2 N–H and O–H groups in total. The van der Waals surface area contributed by atoms with Crippen molar-refractivity contribution in [2.45, 2.75) is 38.8 Å². The highest BCUT2D eigenvalue weighted by atomic mass is 19.4. The fourth-order valence-electron chi connectivity index (χ4n) is 4.97. The minimum atomic E-state index is -4.63. The molecule has 0 spiro atoms. The minimum Gasteiger partial charge on any atom is -0.323 e. The van der Waals surface area contributed by atoms with Gasteiger partial charge in [0.05, 0.1) is 33.9 Å². The van der Waals surface area contributed by atoms with Crippen LogP contribution in [0.4, 0.5) is 30.5 Å². The van der Waals surface area contributed by atoms with Crippen LogP contribution in [0.25, 0.3) is 11.3 Å². The van der Waals surface area contributed by atoms with Crippen LogP contribution < -0.4 is 10.6 Å². The Kier molecular flexibility index (Phi) is 8.25. The molecule has 0 radical (unpaired) electrons. The first-order valence-corrected chi connectivity index (χ1v) is 13.4. The summed E-state index contributed by atoms with van der Waals surface area (Å²) in [6, 6.07) is 11.1. The molecule has 1 fully saturated rings. The second kappa shape index (κ2) is 12.0. The van der Waals surface area contributed by atoms with Crippen LogP contribution in [-0.2, 0) is 6.18 Å². The van der Waals surface area contributed by atoms with E-state index in [1.807, 2.05) is 6.07 Å². The lowest BCUT2D eigenvalue weighted by atomic mass is 9.89. The molecular weight excluding hydrogens is 531 g/mol. The number of carbonyl (C=O) groups excluding carboxylic acids is 1. The molecule has 8 nitrogen and oxygen atoms in total. The Hall–Kier alpha value is -4.38. The van der Waals surface area contributed by atoms with Crippen molar-refractivity contribution < 1.29 is 18.0 Å². The van der Waals surface area contributed by atoms with Gasteiger partial charge >= 0.3 is 6.18 Å². The van der Waals surface area contributed by atoms with Crippen molar-refractivity contribution in [2.24, 2.45) is 0 Å². The molecule has 1 unspecified atom stereocenters.